The lowest BCUT2D eigenvalue weighted by molar-refractivity contribution is 0.0746. The minimum absolute atomic E-state index is 0.0776. The van der Waals surface area contributed by atoms with Gasteiger partial charge >= 0.3 is 0 Å². The van der Waals surface area contributed by atoms with E-state index in [4.69, 9.17) is 4.74 Å². The topological polar surface area (TPSA) is 61.8 Å². The number of aromatic nitrogens is 2. The molecule has 0 spiro atoms. The van der Waals surface area contributed by atoms with Crippen LogP contribution in [0.2, 0.25) is 0 Å². The molecule has 2 aliphatic heterocycles. The summed E-state index contributed by atoms with van der Waals surface area (Å²) in [5.74, 6) is 2.74. The zero-order chi connectivity index (χ0) is 19.5. The highest BCUT2D eigenvalue weighted by molar-refractivity contribution is 9.10. The second-order valence-electron chi connectivity index (χ2n) is 7.02. The number of nitrogens with zero attached hydrogens (tertiary/aromatic N) is 5. The number of amides is 1. The molecule has 2 aromatic rings. The summed E-state index contributed by atoms with van der Waals surface area (Å²) in [6, 6.07) is 9.62. The van der Waals surface area contributed by atoms with E-state index >= 15 is 0 Å². The molecule has 1 aromatic carbocycles. The molecule has 2 aliphatic rings. The first-order valence-corrected chi connectivity index (χ1v) is 10.4. The summed E-state index contributed by atoms with van der Waals surface area (Å²) in [4.78, 5) is 28.4. The molecule has 0 N–H and O–H groups in total. The Morgan fingerprint density at radius 1 is 0.964 bits per heavy atom. The zero-order valence-corrected chi connectivity index (χ0v) is 17.6. The summed E-state index contributed by atoms with van der Waals surface area (Å²) in [6.07, 6.45) is 0. The molecule has 0 aliphatic carbocycles. The first-order chi connectivity index (χ1) is 13.6. The van der Waals surface area contributed by atoms with E-state index in [1.54, 1.807) is 0 Å². The van der Waals surface area contributed by atoms with Crippen LogP contribution in [0.25, 0.3) is 0 Å². The summed E-state index contributed by atoms with van der Waals surface area (Å²) in [6.45, 7) is 7.99. The number of ether oxygens (including phenoxy) is 1. The summed E-state index contributed by atoms with van der Waals surface area (Å²) in [5, 5.41) is 0. The number of benzene rings is 1. The van der Waals surface area contributed by atoms with Gasteiger partial charge in [0.2, 0.25) is 0 Å². The van der Waals surface area contributed by atoms with Gasteiger partial charge in [-0.05, 0) is 25.1 Å². The number of carbonyl (C=O) groups is 1. The van der Waals surface area contributed by atoms with E-state index in [-0.39, 0.29) is 5.91 Å². The van der Waals surface area contributed by atoms with Gasteiger partial charge in [0.1, 0.15) is 17.5 Å². The second-order valence-corrected chi connectivity index (χ2v) is 7.94. The lowest BCUT2D eigenvalue weighted by atomic mass is 10.2. The van der Waals surface area contributed by atoms with Crippen LogP contribution in [0.1, 0.15) is 16.2 Å². The van der Waals surface area contributed by atoms with E-state index in [2.05, 4.69) is 41.8 Å². The van der Waals surface area contributed by atoms with E-state index < -0.39 is 0 Å². The fourth-order valence-electron chi connectivity index (χ4n) is 3.60. The summed E-state index contributed by atoms with van der Waals surface area (Å²) in [7, 11) is 0. The molecule has 3 heterocycles. The molecule has 148 valence electrons. The van der Waals surface area contributed by atoms with E-state index in [1.807, 2.05) is 36.1 Å². The lowest BCUT2D eigenvalue weighted by Crippen LogP contribution is -2.49. The molecule has 1 amide bonds. The van der Waals surface area contributed by atoms with Gasteiger partial charge in [-0.3, -0.25) is 4.79 Å². The van der Waals surface area contributed by atoms with Crippen molar-refractivity contribution in [2.24, 2.45) is 0 Å². The highest BCUT2D eigenvalue weighted by Crippen LogP contribution is 2.22. The molecular weight excluding hydrogens is 422 g/mol. The number of anilines is 2. The molecule has 0 saturated carbocycles. The van der Waals surface area contributed by atoms with Crippen LogP contribution in [0.4, 0.5) is 11.6 Å². The molecule has 28 heavy (non-hydrogen) atoms. The third-order valence-corrected chi connectivity index (χ3v) is 5.60. The molecule has 7 nitrogen and oxygen atoms in total. The predicted molar refractivity (Wildman–Crippen MR) is 112 cm³/mol. The van der Waals surface area contributed by atoms with E-state index in [0.29, 0.717) is 13.1 Å². The number of hydrogen-bond acceptors (Lipinski definition) is 6. The SMILES string of the molecule is Cc1nc(N2CCOCC2)cc(N2CCN(C(=O)c3cccc(Br)c3)CC2)n1. The number of halogens is 1. The van der Waals surface area contributed by atoms with Gasteiger partial charge in [0, 0.05) is 55.4 Å². The summed E-state index contributed by atoms with van der Waals surface area (Å²) < 4.78 is 6.36. The Balaban J connectivity index is 1.43. The maximum Gasteiger partial charge on any atom is 0.254 e. The van der Waals surface area contributed by atoms with Crippen LogP contribution in [0.3, 0.4) is 0 Å². The van der Waals surface area contributed by atoms with Gasteiger partial charge in [0.25, 0.3) is 5.91 Å². The third kappa shape index (κ3) is 4.28. The Morgan fingerprint density at radius 2 is 1.61 bits per heavy atom. The van der Waals surface area contributed by atoms with Crippen LogP contribution in [0, 0.1) is 6.92 Å². The Hall–Kier alpha value is -2.19. The van der Waals surface area contributed by atoms with Crippen molar-refractivity contribution in [3.63, 3.8) is 0 Å². The van der Waals surface area contributed by atoms with Gasteiger partial charge in [-0.2, -0.15) is 0 Å². The Morgan fingerprint density at radius 3 is 2.25 bits per heavy atom. The predicted octanol–water partition coefficient (Wildman–Crippen LogP) is 2.35. The van der Waals surface area contributed by atoms with Crippen molar-refractivity contribution in [2.45, 2.75) is 6.92 Å². The molecule has 0 unspecified atom stereocenters. The van der Waals surface area contributed by atoms with Gasteiger partial charge in [0.05, 0.1) is 13.2 Å². The maximum absolute atomic E-state index is 12.8. The largest absolute Gasteiger partial charge is 0.378 e. The van der Waals surface area contributed by atoms with E-state index in [1.165, 1.54) is 0 Å². The minimum Gasteiger partial charge on any atom is -0.378 e. The quantitative estimate of drug-likeness (QED) is 0.722. The molecule has 0 atom stereocenters. The number of morpholine rings is 1. The van der Waals surface area contributed by atoms with Crippen molar-refractivity contribution < 1.29 is 9.53 Å². The number of hydrogen-bond donors (Lipinski definition) is 0. The Bertz CT molecular complexity index is 848. The molecule has 8 heteroatoms. The fraction of sp³-hybridized carbons (Fsp3) is 0.450. The second kappa shape index (κ2) is 8.45. The van der Waals surface area contributed by atoms with Crippen LogP contribution in [0.15, 0.2) is 34.8 Å². The van der Waals surface area contributed by atoms with Crippen molar-refractivity contribution in [3.8, 4) is 0 Å². The molecule has 0 bridgehead atoms. The van der Waals surface area contributed by atoms with Crippen molar-refractivity contribution in [3.05, 3.63) is 46.2 Å². The lowest BCUT2D eigenvalue weighted by Gasteiger charge is -2.36. The van der Waals surface area contributed by atoms with Crippen molar-refractivity contribution in [1.29, 1.82) is 0 Å². The third-order valence-electron chi connectivity index (χ3n) is 5.11. The molecule has 1 aromatic heterocycles. The first kappa shape index (κ1) is 19.1. The molecule has 2 saturated heterocycles. The van der Waals surface area contributed by atoms with Crippen LogP contribution in [-0.4, -0.2) is 73.3 Å². The van der Waals surface area contributed by atoms with Gasteiger partial charge in [-0.15, -0.1) is 0 Å². The van der Waals surface area contributed by atoms with Gasteiger partial charge in [0.15, 0.2) is 0 Å². The smallest absolute Gasteiger partial charge is 0.254 e. The maximum atomic E-state index is 12.8. The van der Waals surface area contributed by atoms with Crippen molar-refractivity contribution >= 4 is 33.5 Å². The first-order valence-electron chi connectivity index (χ1n) is 9.58. The fourth-order valence-corrected chi connectivity index (χ4v) is 3.99. The van der Waals surface area contributed by atoms with E-state index in [0.717, 1.165) is 66.9 Å². The summed E-state index contributed by atoms with van der Waals surface area (Å²) in [5.41, 5.74) is 0.718. The monoisotopic (exact) mass is 445 g/mol. The highest BCUT2D eigenvalue weighted by Gasteiger charge is 2.24. The normalized spacial score (nSPS) is 17.7. The molecule has 0 radical (unpaired) electrons. The average molecular weight is 446 g/mol. The van der Waals surface area contributed by atoms with Gasteiger partial charge in [-0.1, -0.05) is 22.0 Å². The zero-order valence-electron chi connectivity index (χ0n) is 16.0. The van der Waals surface area contributed by atoms with Crippen LogP contribution < -0.4 is 9.80 Å². The van der Waals surface area contributed by atoms with E-state index in [9.17, 15) is 4.79 Å². The van der Waals surface area contributed by atoms with Crippen molar-refractivity contribution in [1.82, 2.24) is 14.9 Å². The highest BCUT2D eigenvalue weighted by atomic mass is 79.9. The number of aryl methyl sites for hydroxylation is 1. The molecule has 2 fully saturated rings. The summed E-state index contributed by atoms with van der Waals surface area (Å²) >= 11 is 3.44. The number of carbonyl (C=O) groups excluding carboxylic acids is 1. The Kier molecular flexibility index (Phi) is 5.77. The minimum atomic E-state index is 0.0776. The van der Waals surface area contributed by atoms with Gasteiger partial charge < -0.3 is 19.4 Å². The molecular formula is C20H24BrN5O2. The van der Waals surface area contributed by atoms with Crippen molar-refractivity contribution in [2.75, 3.05) is 62.3 Å². The average Bonchev–Trinajstić information content (AvgIpc) is 2.73. The molecule has 4 rings (SSSR count). The van der Waals surface area contributed by atoms with Gasteiger partial charge in [-0.25, -0.2) is 9.97 Å². The number of piperazine rings is 1. The van der Waals surface area contributed by atoms with Crippen LogP contribution in [0.5, 0.6) is 0 Å². The Labute approximate surface area is 173 Å². The van der Waals surface area contributed by atoms with Crippen LogP contribution in [-0.2, 0) is 4.74 Å². The number of rotatable bonds is 3. The van der Waals surface area contributed by atoms with Crippen LogP contribution >= 0.6 is 15.9 Å². The standard InChI is InChI=1S/C20H24BrN5O2/c1-15-22-18(14-19(23-15)25-9-11-28-12-10-25)24-5-7-26(8-6-24)20(27)16-3-2-4-17(21)13-16/h2-4,13-14H,5-12H2,1H3.